The fourth-order valence-corrected chi connectivity index (χ4v) is 1.14. The van der Waals surface area contributed by atoms with Gasteiger partial charge < -0.3 is 4.42 Å². The number of hydrogen-bond donors (Lipinski definition) is 0. The van der Waals surface area contributed by atoms with Crippen LogP contribution in [0, 0.1) is 0 Å². The summed E-state index contributed by atoms with van der Waals surface area (Å²) in [4.78, 5) is 0. The molecule has 1 aromatic heterocycles. The highest BCUT2D eigenvalue weighted by atomic mass is 16.3. The van der Waals surface area contributed by atoms with Gasteiger partial charge in [-0.15, -0.1) is 0 Å². The molecule has 1 heteroatoms. The molecule has 0 radical (unpaired) electrons. The Morgan fingerprint density at radius 3 is 2.38 bits per heavy atom. The summed E-state index contributed by atoms with van der Waals surface area (Å²) >= 11 is 0. The van der Waals surface area contributed by atoms with Crippen LogP contribution in [0.5, 0.6) is 0 Å². The molecule has 0 saturated heterocycles. The standard InChI is InChI=1S/C12H18O/c1-8(2)10(5)12-6-11(7-13-12)9(3)4/h6-7,9-10H,1H2,2-5H3/t10-/m1/s1. The SMILES string of the molecule is C=C(C)[C@@H](C)c1cc(C(C)C)co1. The third kappa shape index (κ3) is 2.24. The van der Waals surface area contributed by atoms with Gasteiger partial charge in [0.15, 0.2) is 0 Å². The third-order valence-electron chi connectivity index (χ3n) is 2.47. The Kier molecular flexibility index (Phi) is 2.97. The second-order valence-corrected chi connectivity index (χ2v) is 4.01. The van der Waals surface area contributed by atoms with Crippen LogP contribution >= 0.6 is 0 Å². The predicted octanol–water partition coefficient (Wildman–Crippen LogP) is 4.08. The number of hydrogen-bond acceptors (Lipinski definition) is 1. The number of allylic oxidation sites excluding steroid dienone is 1. The van der Waals surface area contributed by atoms with E-state index in [0.717, 1.165) is 11.3 Å². The van der Waals surface area contributed by atoms with Crippen LogP contribution < -0.4 is 0 Å². The fraction of sp³-hybridized carbons (Fsp3) is 0.500. The van der Waals surface area contributed by atoms with Gasteiger partial charge in [-0.1, -0.05) is 32.9 Å². The molecule has 0 amide bonds. The summed E-state index contributed by atoms with van der Waals surface area (Å²) in [5.74, 6) is 1.89. The second-order valence-electron chi connectivity index (χ2n) is 4.01. The van der Waals surface area contributed by atoms with Crippen molar-refractivity contribution in [2.24, 2.45) is 0 Å². The summed E-state index contributed by atoms with van der Waals surface area (Å²) in [6, 6.07) is 2.13. The predicted molar refractivity (Wildman–Crippen MR) is 56.0 cm³/mol. The van der Waals surface area contributed by atoms with Crippen LogP contribution in [0.15, 0.2) is 28.9 Å². The Morgan fingerprint density at radius 2 is 2.00 bits per heavy atom. The van der Waals surface area contributed by atoms with Crippen LogP contribution in [0.2, 0.25) is 0 Å². The van der Waals surface area contributed by atoms with Crippen molar-refractivity contribution in [3.05, 3.63) is 35.8 Å². The highest BCUT2D eigenvalue weighted by molar-refractivity contribution is 5.23. The van der Waals surface area contributed by atoms with E-state index >= 15 is 0 Å². The van der Waals surface area contributed by atoms with Crippen molar-refractivity contribution >= 4 is 0 Å². The lowest BCUT2D eigenvalue weighted by Gasteiger charge is -2.06. The second kappa shape index (κ2) is 3.82. The summed E-state index contributed by atoms with van der Waals surface area (Å²) in [5, 5.41) is 0. The molecule has 0 bridgehead atoms. The Balaban J connectivity index is 2.85. The molecule has 1 heterocycles. The van der Waals surface area contributed by atoms with Crippen LogP contribution in [0.3, 0.4) is 0 Å². The smallest absolute Gasteiger partial charge is 0.110 e. The summed E-state index contributed by atoms with van der Waals surface area (Å²) in [7, 11) is 0. The van der Waals surface area contributed by atoms with Gasteiger partial charge in [-0.3, -0.25) is 0 Å². The maximum atomic E-state index is 5.49. The molecule has 0 aliphatic carbocycles. The van der Waals surface area contributed by atoms with E-state index in [4.69, 9.17) is 4.42 Å². The zero-order valence-electron chi connectivity index (χ0n) is 8.92. The quantitative estimate of drug-likeness (QED) is 0.635. The molecule has 0 aromatic carbocycles. The lowest BCUT2D eigenvalue weighted by atomic mass is 9.99. The van der Waals surface area contributed by atoms with E-state index in [0.29, 0.717) is 11.8 Å². The molecular formula is C12H18O. The Labute approximate surface area is 80.5 Å². The first-order chi connectivity index (χ1) is 6.02. The molecule has 0 N–H and O–H groups in total. The normalized spacial score (nSPS) is 13.3. The average molecular weight is 178 g/mol. The molecule has 0 unspecified atom stereocenters. The van der Waals surface area contributed by atoms with Gasteiger partial charge in [-0.05, 0) is 24.5 Å². The Morgan fingerprint density at radius 1 is 1.38 bits per heavy atom. The molecule has 1 aromatic rings. The molecule has 1 nitrogen and oxygen atoms in total. The molecule has 13 heavy (non-hydrogen) atoms. The van der Waals surface area contributed by atoms with Crippen molar-refractivity contribution < 1.29 is 4.42 Å². The van der Waals surface area contributed by atoms with Gasteiger partial charge in [-0.2, -0.15) is 0 Å². The van der Waals surface area contributed by atoms with Crippen molar-refractivity contribution in [2.45, 2.75) is 39.5 Å². The van der Waals surface area contributed by atoms with Gasteiger partial charge in [-0.25, -0.2) is 0 Å². The molecule has 0 aliphatic rings. The maximum Gasteiger partial charge on any atom is 0.110 e. The molecule has 0 aliphatic heterocycles. The third-order valence-corrected chi connectivity index (χ3v) is 2.47. The molecule has 1 atom stereocenters. The molecule has 1 rings (SSSR count). The van der Waals surface area contributed by atoms with E-state index in [1.54, 1.807) is 0 Å². The van der Waals surface area contributed by atoms with E-state index in [1.807, 2.05) is 13.2 Å². The number of rotatable bonds is 3. The Hall–Kier alpha value is -0.980. The van der Waals surface area contributed by atoms with Crippen LogP contribution in [0.1, 0.15) is 50.9 Å². The summed E-state index contributed by atoms with van der Waals surface area (Å²) < 4.78 is 5.49. The topological polar surface area (TPSA) is 13.1 Å². The monoisotopic (exact) mass is 178 g/mol. The van der Waals surface area contributed by atoms with Crippen molar-refractivity contribution in [3.63, 3.8) is 0 Å². The van der Waals surface area contributed by atoms with Gasteiger partial charge in [0.05, 0.1) is 6.26 Å². The summed E-state index contributed by atoms with van der Waals surface area (Å²) in [6.45, 7) is 12.4. The minimum atomic E-state index is 0.326. The number of furan rings is 1. The summed E-state index contributed by atoms with van der Waals surface area (Å²) in [5.41, 5.74) is 2.41. The first kappa shape index (κ1) is 10.1. The fourth-order valence-electron chi connectivity index (χ4n) is 1.14. The molecule has 0 spiro atoms. The molecule has 72 valence electrons. The van der Waals surface area contributed by atoms with Gasteiger partial charge >= 0.3 is 0 Å². The van der Waals surface area contributed by atoms with Gasteiger partial charge in [0, 0.05) is 5.92 Å². The molecule has 0 fully saturated rings. The zero-order valence-corrected chi connectivity index (χ0v) is 8.92. The largest absolute Gasteiger partial charge is 0.468 e. The maximum absolute atomic E-state index is 5.49. The first-order valence-electron chi connectivity index (χ1n) is 4.76. The van der Waals surface area contributed by atoms with Crippen LogP contribution in [-0.4, -0.2) is 0 Å². The van der Waals surface area contributed by atoms with Crippen LogP contribution in [-0.2, 0) is 0 Å². The van der Waals surface area contributed by atoms with Gasteiger partial charge in [0.2, 0.25) is 0 Å². The average Bonchev–Trinajstić information content (AvgIpc) is 2.50. The minimum Gasteiger partial charge on any atom is -0.468 e. The van der Waals surface area contributed by atoms with Crippen molar-refractivity contribution in [3.8, 4) is 0 Å². The van der Waals surface area contributed by atoms with E-state index in [1.165, 1.54) is 5.56 Å². The van der Waals surface area contributed by atoms with Crippen molar-refractivity contribution in [1.82, 2.24) is 0 Å². The lowest BCUT2D eigenvalue weighted by Crippen LogP contribution is -1.91. The highest BCUT2D eigenvalue weighted by Crippen LogP contribution is 2.26. The summed E-state index contributed by atoms with van der Waals surface area (Å²) in [6.07, 6.45) is 1.85. The lowest BCUT2D eigenvalue weighted by molar-refractivity contribution is 0.491. The highest BCUT2D eigenvalue weighted by Gasteiger charge is 2.12. The van der Waals surface area contributed by atoms with Gasteiger partial charge in [0.1, 0.15) is 5.76 Å². The Bertz CT molecular complexity index is 294. The van der Waals surface area contributed by atoms with Crippen molar-refractivity contribution in [1.29, 1.82) is 0 Å². The van der Waals surface area contributed by atoms with Crippen molar-refractivity contribution in [2.75, 3.05) is 0 Å². The van der Waals surface area contributed by atoms with E-state index in [9.17, 15) is 0 Å². The van der Waals surface area contributed by atoms with E-state index in [2.05, 4.69) is 33.4 Å². The molecular weight excluding hydrogens is 160 g/mol. The van der Waals surface area contributed by atoms with Crippen LogP contribution in [0.4, 0.5) is 0 Å². The van der Waals surface area contributed by atoms with E-state index in [-0.39, 0.29) is 0 Å². The van der Waals surface area contributed by atoms with Crippen LogP contribution in [0.25, 0.3) is 0 Å². The molecule has 0 saturated carbocycles. The first-order valence-corrected chi connectivity index (χ1v) is 4.76. The minimum absolute atomic E-state index is 0.326. The van der Waals surface area contributed by atoms with Gasteiger partial charge in [0.25, 0.3) is 0 Å². The van der Waals surface area contributed by atoms with E-state index < -0.39 is 0 Å². The zero-order chi connectivity index (χ0) is 10.0.